The number of pyridine rings is 1. The van der Waals surface area contributed by atoms with Crippen molar-refractivity contribution in [3.05, 3.63) is 59.9 Å². The van der Waals surface area contributed by atoms with E-state index in [9.17, 15) is 9.90 Å². The summed E-state index contributed by atoms with van der Waals surface area (Å²) in [6, 6.07) is 13.4. The van der Waals surface area contributed by atoms with Gasteiger partial charge in [0.25, 0.3) is 5.91 Å². The van der Waals surface area contributed by atoms with Crippen molar-refractivity contribution in [3.8, 4) is 5.75 Å². The molecular weight excluding hydrogens is 427 g/mol. The number of nitrogens with two attached hydrogens (primary N) is 1. The first-order valence-electron chi connectivity index (χ1n) is 9.49. The number of benzene rings is 1. The van der Waals surface area contributed by atoms with Gasteiger partial charge in [-0.05, 0) is 38.2 Å². The van der Waals surface area contributed by atoms with E-state index in [1.807, 2.05) is 49.3 Å². The number of amides is 1. The lowest BCUT2D eigenvalue weighted by molar-refractivity contribution is -0.0613. The lowest BCUT2D eigenvalue weighted by atomic mass is 9.77. The standard InChI is InChI=1S/C21H28N4O3.2ClH/c1-24(2)21(16-7-4-3-5-8-16)10-13-25(15-18(21)26)20(27)19-17(28-14-11-22)9-6-12-23-19;;/h3-9,12,18,26H,10-11,13-15,22H2,1-2H3;2*1H/t18-,21+;;/m1../s1. The summed E-state index contributed by atoms with van der Waals surface area (Å²) in [5, 5.41) is 11.1. The van der Waals surface area contributed by atoms with Crippen molar-refractivity contribution in [2.24, 2.45) is 5.73 Å². The number of hydrogen-bond donors (Lipinski definition) is 2. The molecule has 1 aromatic carbocycles. The number of carbonyl (C=O) groups is 1. The highest BCUT2D eigenvalue weighted by Crippen LogP contribution is 2.38. The maximum atomic E-state index is 13.1. The van der Waals surface area contributed by atoms with E-state index in [1.54, 1.807) is 23.2 Å². The van der Waals surface area contributed by atoms with Gasteiger partial charge in [0.2, 0.25) is 0 Å². The highest BCUT2D eigenvalue weighted by Gasteiger charge is 2.46. The molecule has 1 aliphatic rings. The van der Waals surface area contributed by atoms with Gasteiger partial charge in [-0.2, -0.15) is 0 Å². The minimum Gasteiger partial charge on any atom is -0.490 e. The highest BCUT2D eigenvalue weighted by atomic mass is 35.5. The largest absolute Gasteiger partial charge is 0.490 e. The Labute approximate surface area is 190 Å². The van der Waals surface area contributed by atoms with E-state index >= 15 is 0 Å². The topological polar surface area (TPSA) is 91.9 Å². The molecule has 2 aromatic rings. The Bertz CT molecular complexity index is 810. The number of hydrogen-bond acceptors (Lipinski definition) is 6. The Balaban J connectivity index is 0.00000225. The molecule has 3 N–H and O–H groups in total. The number of piperidine rings is 1. The van der Waals surface area contributed by atoms with Gasteiger partial charge in [-0.1, -0.05) is 30.3 Å². The summed E-state index contributed by atoms with van der Waals surface area (Å²) in [4.78, 5) is 21.0. The highest BCUT2D eigenvalue weighted by molar-refractivity contribution is 5.95. The van der Waals surface area contributed by atoms with Gasteiger partial charge in [-0.3, -0.25) is 9.69 Å². The van der Waals surface area contributed by atoms with Gasteiger partial charge in [0, 0.05) is 25.8 Å². The van der Waals surface area contributed by atoms with Crippen LogP contribution in [-0.2, 0) is 5.54 Å². The molecule has 30 heavy (non-hydrogen) atoms. The van der Waals surface area contributed by atoms with Crippen LogP contribution in [0.4, 0.5) is 0 Å². The van der Waals surface area contributed by atoms with Gasteiger partial charge < -0.3 is 20.5 Å². The Hall–Kier alpha value is -1.90. The van der Waals surface area contributed by atoms with Crippen molar-refractivity contribution in [2.45, 2.75) is 18.1 Å². The number of nitrogens with zero attached hydrogens (tertiary/aromatic N) is 3. The summed E-state index contributed by atoms with van der Waals surface area (Å²) < 4.78 is 5.57. The van der Waals surface area contributed by atoms with E-state index in [1.165, 1.54) is 0 Å². The van der Waals surface area contributed by atoms with Crippen molar-refractivity contribution in [1.82, 2.24) is 14.8 Å². The molecule has 1 saturated heterocycles. The van der Waals surface area contributed by atoms with Crippen molar-refractivity contribution in [1.29, 1.82) is 0 Å². The zero-order valence-electron chi connectivity index (χ0n) is 17.2. The van der Waals surface area contributed by atoms with Crippen LogP contribution in [0.3, 0.4) is 0 Å². The fourth-order valence-corrected chi connectivity index (χ4v) is 3.94. The number of β-amino-alcohol motifs (C(OH)–C–C–N with tert-alkyl or cyclic N) is 1. The predicted molar refractivity (Wildman–Crippen MR) is 122 cm³/mol. The molecule has 2 heterocycles. The molecule has 0 unspecified atom stereocenters. The Morgan fingerprint density at radius 1 is 1.27 bits per heavy atom. The molecule has 0 spiro atoms. The molecule has 9 heteroatoms. The molecule has 1 aliphatic heterocycles. The maximum Gasteiger partial charge on any atom is 0.276 e. The fourth-order valence-electron chi connectivity index (χ4n) is 3.94. The van der Waals surface area contributed by atoms with Gasteiger partial charge in [0.15, 0.2) is 11.4 Å². The molecule has 1 amide bonds. The minimum atomic E-state index is -0.736. The van der Waals surface area contributed by atoms with Crippen molar-refractivity contribution < 1.29 is 14.6 Å². The summed E-state index contributed by atoms with van der Waals surface area (Å²) in [5.41, 5.74) is 6.25. The van der Waals surface area contributed by atoms with Gasteiger partial charge >= 0.3 is 0 Å². The quantitative estimate of drug-likeness (QED) is 0.689. The normalized spacial score (nSPS) is 20.8. The van der Waals surface area contributed by atoms with Gasteiger partial charge in [-0.25, -0.2) is 4.98 Å². The first kappa shape index (κ1) is 26.1. The van der Waals surface area contributed by atoms with Gasteiger partial charge in [0.05, 0.1) is 11.6 Å². The number of ether oxygens (including phenoxy) is 1. The second-order valence-electron chi connectivity index (χ2n) is 7.19. The Morgan fingerprint density at radius 3 is 2.57 bits per heavy atom. The van der Waals surface area contributed by atoms with E-state index in [-0.39, 0.29) is 43.0 Å². The van der Waals surface area contributed by atoms with E-state index in [0.29, 0.717) is 31.9 Å². The molecule has 0 radical (unpaired) electrons. The van der Waals surface area contributed by atoms with Crippen LogP contribution in [0.25, 0.3) is 0 Å². The number of aliphatic hydroxyl groups excluding tert-OH is 1. The van der Waals surface area contributed by atoms with Crippen LogP contribution in [0, 0.1) is 0 Å². The summed E-state index contributed by atoms with van der Waals surface area (Å²) in [6.07, 6.45) is 1.44. The van der Waals surface area contributed by atoms with Crippen LogP contribution < -0.4 is 10.5 Å². The number of halogens is 2. The fraction of sp³-hybridized carbons (Fsp3) is 0.429. The lowest BCUT2D eigenvalue weighted by Crippen LogP contribution is -2.60. The Kier molecular flexibility index (Phi) is 10.0. The van der Waals surface area contributed by atoms with Crippen LogP contribution in [0.1, 0.15) is 22.5 Å². The third kappa shape index (κ3) is 5.04. The van der Waals surface area contributed by atoms with E-state index in [2.05, 4.69) is 4.98 Å². The van der Waals surface area contributed by atoms with E-state index in [4.69, 9.17) is 10.5 Å². The SMILES string of the molecule is CN(C)[C@]1(c2ccccc2)CCN(C(=O)c2ncccc2OCCN)C[C@H]1O.Cl.Cl. The summed E-state index contributed by atoms with van der Waals surface area (Å²) in [5.74, 6) is 0.173. The van der Waals surface area contributed by atoms with Crippen LogP contribution in [0.2, 0.25) is 0 Å². The first-order chi connectivity index (χ1) is 13.5. The average Bonchev–Trinajstić information content (AvgIpc) is 2.72. The van der Waals surface area contributed by atoms with Crippen LogP contribution in [-0.4, -0.2) is 72.2 Å². The second kappa shape index (κ2) is 11.5. The zero-order chi connectivity index (χ0) is 20.1. The molecule has 0 saturated carbocycles. The third-order valence-corrected chi connectivity index (χ3v) is 5.42. The molecular formula is C21H30Cl2N4O3. The first-order valence-corrected chi connectivity index (χ1v) is 9.49. The van der Waals surface area contributed by atoms with Crippen molar-refractivity contribution in [2.75, 3.05) is 40.3 Å². The molecule has 1 fully saturated rings. The maximum absolute atomic E-state index is 13.1. The second-order valence-corrected chi connectivity index (χ2v) is 7.19. The van der Waals surface area contributed by atoms with Gasteiger partial charge in [0.1, 0.15) is 6.61 Å². The van der Waals surface area contributed by atoms with Crippen molar-refractivity contribution >= 4 is 30.7 Å². The van der Waals surface area contributed by atoms with Gasteiger partial charge in [-0.15, -0.1) is 24.8 Å². The molecule has 7 nitrogen and oxygen atoms in total. The number of rotatable bonds is 6. The van der Waals surface area contributed by atoms with Crippen LogP contribution in [0.5, 0.6) is 5.75 Å². The molecule has 3 rings (SSSR count). The lowest BCUT2D eigenvalue weighted by Gasteiger charge is -2.49. The minimum absolute atomic E-state index is 0. The smallest absolute Gasteiger partial charge is 0.276 e. The van der Waals surface area contributed by atoms with Crippen LogP contribution in [0.15, 0.2) is 48.7 Å². The molecule has 0 aliphatic carbocycles. The number of aliphatic hydroxyl groups is 1. The monoisotopic (exact) mass is 456 g/mol. The molecule has 1 aromatic heterocycles. The van der Waals surface area contributed by atoms with E-state index < -0.39 is 11.6 Å². The average molecular weight is 457 g/mol. The van der Waals surface area contributed by atoms with E-state index in [0.717, 1.165) is 5.56 Å². The molecule has 0 bridgehead atoms. The summed E-state index contributed by atoms with van der Waals surface area (Å²) in [7, 11) is 3.93. The zero-order valence-corrected chi connectivity index (χ0v) is 18.9. The third-order valence-electron chi connectivity index (χ3n) is 5.42. The number of likely N-dealkylation sites (tertiary alicyclic amines) is 1. The molecule has 166 valence electrons. The Morgan fingerprint density at radius 2 is 1.97 bits per heavy atom. The molecule has 2 atom stereocenters. The number of likely N-dealkylation sites (N-methyl/N-ethyl adjacent to an activating group) is 1. The van der Waals surface area contributed by atoms with Crippen LogP contribution >= 0.6 is 24.8 Å². The predicted octanol–water partition coefficient (Wildman–Crippen LogP) is 1.93. The number of carbonyl (C=O) groups excluding carboxylic acids is 1. The summed E-state index contributed by atoms with van der Waals surface area (Å²) in [6.45, 7) is 1.40. The van der Waals surface area contributed by atoms with Crippen molar-refractivity contribution in [3.63, 3.8) is 0 Å². The summed E-state index contributed by atoms with van der Waals surface area (Å²) >= 11 is 0. The number of aromatic nitrogens is 1.